The molecule has 0 rings (SSSR count). The monoisotopic (exact) mass is 326 g/mol. The number of nitro groups is 4. The Balaban J connectivity index is -0.000000720. The normalized spacial score (nSPS) is 10.1. The summed E-state index contributed by atoms with van der Waals surface area (Å²) in [5.41, 5.74) is 0. The number of nitrogens with zero attached hydrogens (tertiary/aromatic N) is 4. The first-order chi connectivity index (χ1) is 5.77. The van der Waals surface area contributed by atoms with Crippen molar-refractivity contribution >= 4 is 0 Å². The fourth-order valence-corrected chi connectivity index (χ4v) is 1.50. The van der Waals surface area contributed by atoms with Crippen LogP contribution in [0.25, 0.3) is 0 Å². The molecule has 0 aliphatic rings. The van der Waals surface area contributed by atoms with Gasteiger partial charge in [-0.3, -0.25) is 0 Å². The molecule has 0 radical (unpaired) electrons. The number of hydrogen-bond donors (Lipinski definition) is 2. The SMILES string of the molecule is O=[N+]([O-])[Pd-2]([N+](=O)[O-])([N+](=O)[O-])[N+](=O)[O-].[NH4+].[NH4+]. The molecular formula is H8N6O8Pd. The number of hydrogen-bond acceptors (Lipinski definition) is 8. The van der Waals surface area contributed by atoms with Gasteiger partial charge in [0.1, 0.15) is 0 Å². The predicted octanol–water partition coefficient (Wildman–Crippen LogP) is -0.341. The molecular weight excluding hydrogens is 318 g/mol. The summed E-state index contributed by atoms with van der Waals surface area (Å²) in [5, 5.41) is 39.6. The van der Waals surface area contributed by atoms with Crippen molar-refractivity contribution in [2.24, 2.45) is 0 Å². The maximum atomic E-state index is 9.89. The van der Waals surface area contributed by atoms with Crippen LogP contribution in [0.4, 0.5) is 0 Å². The van der Waals surface area contributed by atoms with Gasteiger partial charge in [-0.2, -0.15) is 0 Å². The zero-order valence-electron chi connectivity index (χ0n) is 7.37. The Hall–Kier alpha value is -1.82. The molecule has 0 saturated heterocycles. The van der Waals surface area contributed by atoms with Gasteiger partial charge in [0.15, 0.2) is 0 Å². The molecule has 15 heavy (non-hydrogen) atoms. The molecule has 0 aromatic rings. The van der Waals surface area contributed by atoms with Crippen LogP contribution in [0.1, 0.15) is 0 Å². The first-order valence-electron chi connectivity index (χ1n) is 2.03. The Morgan fingerprint density at radius 2 is 0.733 bits per heavy atom. The summed E-state index contributed by atoms with van der Waals surface area (Å²) in [6, 6.07) is 0. The van der Waals surface area contributed by atoms with Crippen LogP contribution in [0.3, 0.4) is 0 Å². The Morgan fingerprint density at radius 3 is 0.733 bits per heavy atom. The molecule has 0 heterocycles. The molecule has 0 aromatic heterocycles. The first-order valence-corrected chi connectivity index (χ1v) is 4.81. The zero-order chi connectivity index (χ0) is 10.8. The Labute approximate surface area is 84.2 Å². The van der Waals surface area contributed by atoms with Crippen molar-refractivity contribution < 1.29 is 30.7 Å². The minimum absolute atomic E-state index is 0. The third-order valence-corrected chi connectivity index (χ3v) is 3.67. The molecule has 8 N–H and O–H groups in total. The van der Waals surface area contributed by atoms with Gasteiger partial charge in [-0.15, -0.1) is 0 Å². The van der Waals surface area contributed by atoms with Crippen molar-refractivity contribution in [1.29, 1.82) is 0 Å². The van der Waals surface area contributed by atoms with Crippen molar-refractivity contribution in [2.75, 3.05) is 0 Å². The van der Waals surface area contributed by atoms with Crippen LogP contribution in [-0.2, 0) is 16.5 Å². The van der Waals surface area contributed by atoms with Gasteiger partial charge in [0.25, 0.3) is 0 Å². The van der Waals surface area contributed by atoms with E-state index in [0.29, 0.717) is 0 Å². The van der Waals surface area contributed by atoms with E-state index >= 15 is 0 Å². The average Bonchev–Trinajstić information content (AvgIpc) is 1.82. The van der Waals surface area contributed by atoms with Gasteiger partial charge in [0.2, 0.25) is 0 Å². The second-order valence-electron chi connectivity index (χ2n) is 1.14. The second-order valence-corrected chi connectivity index (χ2v) is 5.28. The standard InChI is InChI=1S/4NO2.2H3N.Pd/c4*2-1-3;;;/h;;;;2*1H3;/q;;;;;;-2/p+2. The minimum atomic E-state index is -6.34. The van der Waals surface area contributed by atoms with E-state index in [0.717, 1.165) is 0 Å². The molecule has 0 fully saturated rings. The van der Waals surface area contributed by atoms with Crippen LogP contribution in [-0.4, -0.2) is 14.2 Å². The van der Waals surface area contributed by atoms with E-state index in [-0.39, 0.29) is 12.3 Å². The summed E-state index contributed by atoms with van der Waals surface area (Å²) in [7, 11) is 0. The summed E-state index contributed by atoms with van der Waals surface area (Å²) in [4.78, 5) is 39.6. The maximum Gasteiger partial charge on any atom is -0.369 e. The van der Waals surface area contributed by atoms with Crippen LogP contribution in [0, 0.1) is 40.5 Å². The first kappa shape index (κ1) is 18.9. The average molecular weight is 327 g/mol. The van der Waals surface area contributed by atoms with Gasteiger partial charge < -0.3 is 12.3 Å². The van der Waals surface area contributed by atoms with Crippen LogP contribution in [0.2, 0.25) is 0 Å². The molecule has 96 valence electrons. The minimum Gasteiger partial charge on any atom is -0.369 e. The van der Waals surface area contributed by atoms with E-state index in [2.05, 4.69) is 0 Å². The molecule has 0 aliphatic carbocycles. The molecule has 0 amide bonds. The van der Waals surface area contributed by atoms with Gasteiger partial charge in [-0.05, 0) is 0 Å². The van der Waals surface area contributed by atoms with E-state index in [4.69, 9.17) is 0 Å². The molecule has 0 spiro atoms. The molecule has 0 atom stereocenters. The van der Waals surface area contributed by atoms with Gasteiger partial charge in [-0.25, -0.2) is 0 Å². The fraction of sp³-hybridized carbons (Fsp3) is 0. The quantitative estimate of drug-likeness (QED) is 0.391. The van der Waals surface area contributed by atoms with E-state index in [9.17, 15) is 40.5 Å². The van der Waals surface area contributed by atoms with E-state index < -0.39 is 30.7 Å². The van der Waals surface area contributed by atoms with Crippen LogP contribution < -0.4 is 12.3 Å². The number of quaternary nitrogens is 2. The van der Waals surface area contributed by atoms with Gasteiger partial charge in [-0.1, -0.05) is 0 Å². The summed E-state index contributed by atoms with van der Waals surface area (Å²) in [5.74, 6) is 0. The maximum absolute atomic E-state index is 9.89. The van der Waals surface area contributed by atoms with Crippen molar-refractivity contribution in [3.8, 4) is 0 Å². The Morgan fingerprint density at radius 1 is 0.600 bits per heavy atom. The molecule has 0 saturated carbocycles. The van der Waals surface area contributed by atoms with Crippen LogP contribution in [0.5, 0.6) is 0 Å². The third kappa shape index (κ3) is 2.57. The Bertz CT molecular complexity index is 234. The Kier molecular flexibility index (Phi) is 7.32. The second kappa shape index (κ2) is 5.82. The molecule has 15 heteroatoms. The zero-order valence-corrected chi connectivity index (χ0v) is 8.93. The van der Waals surface area contributed by atoms with Gasteiger partial charge in [0, 0.05) is 0 Å². The fourth-order valence-electron chi connectivity index (χ4n) is 0.253. The van der Waals surface area contributed by atoms with Gasteiger partial charge >= 0.3 is 71.2 Å². The summed E-state index contributed by atoms with van der Waals surface area (Å²) in [6.07, 6.45) is 0. The van der Waals surface area contributed by atoms with Crippen molar-refractivity contribution in [3.63, 3.8) is 0 Å². The third-order valence-electron chi connectivity index (χ3n) is 0.620. The van der Waals surface area contributed by atoms with Gasteiger partial charge in [0.05, 0.1) is 0 Å². The summed E-state index contributed by atoms with van der Waals surface area (Å²) >= 11 is -6.34. The van der Waals surface area contributed by atoms with Crippen LogP contribution >= 0.6 is 0 Å². The van der Waals surface area contributed by atoms with Crippen LogP contribution in [0.15, 0.2) is 0 Å². The van der Waals surface area contributed by atoms with Crippen molar-refractivity contribution in [1.82, 2.24) is 12.3 Å². The van der Waals surface area contributed by atoms with Crippen molar-refractivity contribution in [2.45, 2.75) is 0 Å². The molecule has 0 unspecified atom stereocenters. The number of rotatable bonds is 4. The topological polar surface area (TPSA) is 246 Å². The molecule has 14 nitrogen and oxygen atoms in total. The molecule has 0 bridgehead atoms. The van der Waals surface area contributed by atoms with E-state index in [1.54, 1.807) is 0 Å². The predicted molar refractivity (Wildman–Crippen MR) is 39.9 cm³/mol. The molecule has 0 aliphatic heterocycles. The van der Waals surface area contributed by atoms with E-state index in [1.807, 2.05) is 0 Å². The largest absolute Gasteiger partial charge is 0.369 e. The van der Waals surface area contributed by atoms with Crippen molar-refractivity contribution in [3.05, 3.63) is 40.5 Å². The summed E-state index contributed by atoms with van der Waals surface area (Å²) in [6.45, 7) is 0. The summed E-state index contributed by atoms with van der Waals surface area (Å²) < 4.78 is -8.15. The smallest absolute Gasteiger partial charge is 0.369 e. The molecule has 0 aromatic carbocycles. The van der Waals surface area contributed by atoms with E-state index in [1.165, 1.54) is 0 Å².